The van der Waals surface area contributed by atoms with Gasteiger partial charge in [0.05, 0.1) is 12.5 Å². The van der Waals surface area contributed by atoms with Gasteiger partial charge in [0, 0.05) is 17.3 Å². The molecule has 2 heterocycles. The first-order valence-electron chi connectivity index (χ1n) is 11.0. The Labute approximate surface area is 200 Å². The Hall–Kier alpha value is -3.90. The largest absolute Gasteiger partial charge is 0.492 e. The van der Waals surface area contributed by atoms with Crippen molar-refractivity contribution in [3.05, 3.63) is 42.0 Å². The fraction of sp³-hybridized carbons (Fsp3) is 0.391. The molecule has 12 nitrogen and oxygen atoms in total. The number of carbonyl (C=O) groups is 4. The monoisotopic (exact) mass is 488 g/mol. The van der Waals surface area contributed by atoms with Crippen LogP contribution < -0.4 is 20.8 Å². The third-order valence-electron chi connectivity index (χ3n) is 5.75. The van der Waals surface area contributed by atoms with Crippen LogP contribution >= 0.6 is 0 Å². The van der Waals surface area contributed by atoms with Gasteiger partial charge in [0.15, 0.2) is 11.8 Å². The number of nitrogens with zero attached hydrogens (tertiary/aromatic N) is 2. The van der Waals surface area contributed by atoms with Crippen LogP contribution in [0.3, 0.4) is 0 Å². The highest BCUT2D eigenvalue weighted by molar-refractivity contribution is 6.13. The molecule has 1 aliphatic rings. The molecular weight excluding hydrogens is 460 g/mol. The Balaban J connectivity index is 1.95. The van der Waals surface area contributed by atoms with Crippen molar-refractivity contribution >= 4 is 29.3 Å². The van der Waals surface area contributed by atoms with Crippen LogP contribution in [-0.2, 0) is 19.2 Å². The van der Waals surface area contributed by atoms with Crippen LogP contribution in [0, 0.1) is 0 Å². The van der Waals surface area contributed by atoms with E-state index < -0.39 is 53.9 Å². The standard InChI is InChI=1S/C23H28N4O8/c1-13(28)20(26(15-5-3-2-4-6-15)22(33)17(24)12-19(30)31)23(34)35-27-18(29)11-16(21(27)32)14-7-9-25-10-8-14/h2-6,11,14,17,20,25,29,32H,7-10,12,24H2,1H3,(H,30,31)/t17-,20-/m0/s1. The van der Waals surface area contributed by atoms with Gasteiger partial charge in [-0.2, -0.15) is 0 Å². The highest BCUT2D eigenvalue weighted by Crippen LogP contribution is 2.36. The maximum Gasteiger partial charge on any atom is 0.363 e. The van der Waals surface area contributed by atoms with E-state index in [1.165, 1.54) is 18.2 Å². The van der Waals surface area contributed by atoms with Gasteiger partial charge in [-0.25, -0.2) is 4.79 Å². The lowest BCUT2D eigenvalue weighted by Crippen LogP contribution is -2.56. The lowest BCUT2D eigenvalue weighted by atomic mass is 9.92. The van der Waals surface area contributed by atoms with Crippen LogP contribution in [0.15, 0.2) is 36.4 Å². The third-order valence-corrected chi connectivity index (χ3v) is 5.75. The molecule has 0 radical (unpaired) electrons. The SMILES string of the molecule is CC(=O)[C@@H](C(=O)On1c(O)cc(C2CCNCC2)c1O)N(C(=O)[C@@H](N)CC(=O)O)c1ccccc1. The molecule has 35 heavy (non-hydrogen) atoms. The molecule has 0 bridgehead atoms. The zero-order valence-electron chi connectivity index (χ0n) is 19.1. The lowest BCUT2D eigenvalue weighted by Gasteiger charge is -2.30. The summed E-state index contributed by atoms with van der Waals surface area (Å²) in [5.41, 5.74) is 6.24. The first-order valence-corrected chi connectivity index (χ1v) is 11.0. The average Bonchev–Trinajstić information content (AvgIpc) is 3.10. The van der Waals surface area contributed by atoms with Crippen LogP contribution in [0.2, 0.25) is 0 Å². The number of piperidine rings is 1. The Kier molecular flexibility index (Phi) is 8.10. The molecule has 188 valence electrons. The van der Waals surface area contributed by atoms with E-state index in [-0.39, 0.29) is 11.6 Å². The predicted molar refractivity (Wildman–Crippen MR) is 123 cm³/mol. The van der Waals surface area contributed by atoms with Crippen LogP contribution in [0.25, 0.3) is 0 Å². The van der Waals surface area contributed by atoms with Crippen molar-refractivity contribution in [2.24, 2.45) is 5.73 Å². The maximum absolute atomic E-state index is 13.2. The Morgan fingerprint density at radius 1 is 1.17 bits per heavy atom. The van der Waals surface area contributed by atoms with Gasteiger partial charge in [-0.3, -0.25) is 19.3 Å². The highest BCUT2D eigenvalue weighted by Gasteiger charge is 2.40. The number of aliphatic carboxylic acids is 1. The number of ketones is 1. The fourth-order valence-electron chi connectivity index (χ4n) is 4.05. The van der Waals surface area contributed by atoms with E-state index in [0.717, 1.165) is 11.8 Å². The molecule has 0 spiro atoms. The first kappa shape index (κ1) is 25.7. The van der Waals surface area contributed by atoms with E-state index in [1.807, 2.05) is 0 Å². The first-order chi connectivity index (χ1) is 16.6. The Bertz CT molecular complexity index is 1090. The van der Waals surface area contributed by atoms with E-state index in [2.05, 4.69) is 5.32 Å². The summed E-state index contributed by atoms with van der Waals surface area (Å²) < 4.78 is 0.500. The van der Waals surface area contributed by atoms with Gasteiger partial charge in [-0.05, 0) is 50.9 Å². The number of benzene rings is 1. The summed E-state index contributed by atoms with van der Waals surface area (Å²) in [4.78, 5) is 55.9. The number of rotatable bonds is 9. The number of carbonyl (C=O) groups excluding carboxylic acids is 3. The van der Waals surface area contributed by atoms with Crippen LogP contribution in [0.5, 0.6) is 11.8 Å². The van der Waals surface area contributed by atoms with Crippen LogP contribution in [0.1, 0.15) is 37.7 Å². The summed E-state index contributed by atoms with van der Waals surface area (Å²) in [7, 11) is 0. The molecule has 6 N–H and O–H groups in total. The Morgan fingerprint density at radius 3 is 2.37 bits per heavy atom. The van der Waals surface area contributed by atoms with Gasteiger partial charge in [0.25, 0.3) is 0 Å². The number of hydrogen-bond donors (Lipinski definition) is 5. The average molecular weight is 488 g/mol. The zero-order chi connectivity index (χ0) is 25.7. The summed E-state index contributed by atoms with van der Waals surface area (Å²) in [6.07, 6.45) is 0.651. The van der Waals surface area contributed by atoms with Gasteiger partial charge in [-0.1, -0.05) is 18.2 Å². The number of Topliss-reactive ketones (excluding diaryl/α,β-unsaturated/α-hetero) is 1. The predicted octanol–water partition coefficient (Wildman–Crippen LogP) is 0.114. The summed E-state index contributed by atoms with van der Waals surface area (Å²) in [6.45, 7) is 2.48. The lowest BCUT2D eigenvalue weighted by molar-refractivity contribution is -0.150. The van der Waals surface area contributed by atoms with E-state index in [9.17, 15) is 29.4 Å². The number of carboxylic acid groups (broad SMARTS) is 1. The number of hydrogen-bond acceptors (Lipinski definition) is 9. The molecule has 0 saturated carbocycles. The summed E-state index contributed by atoms with van der Waals surface area (Å²) in [5.74, 6) is -5.56. The van der Waals surface area contributed by atoms with Crippen molar-refractivity contribution in [3.63, 3.8) is 0 Å². The summed E-state index contributed by atoms with van der Waals surface area (Å²) >= 11 is 0. The number of nitrogens with two attached hydrogens (primary N) is 1. The number of aromatic nitrogens is 1. The van der Waals surface area contributed by atoms with Gasteiger partial charge in [-0.15, -0.1) is 4.73 Å². The second kappa shape index (κ2) is 11.0. The highest BCUT2D eigenvalue weighted by atomic mass is 16.7. The number of carboxylic acids is 1. The minimum atomic E-state index is -1.87. The number of aromatic hydroxyl groups is 2. The number of nitrogens with one attached hydrogen (secondary N) is 1. The van der Waals surface area contributed by atoms with E-state index >= 15 is 0 Å². The molecule has 1 aromatic carbocycles. The van der Waals surface area contributed by atoms with E-state index in [4.69, 9.17) is 15.7 Å². The quantitative estimate of drug-likeness (QED) is 0.304. The van der Waals surface area contributed by atoms with Crippen LogP contribution in [-0.4, -0.2) is 68.9 Å². The minimum Gasteiger partial charge on any atom is -0.492 e. The van der Waals surface area contributed by atoms with Gasteiger partial charge in [0.2, 0.25) is 17.7 Å². The smallest absolute Gasteiger partial charge is 0.363 e. The molecule has 0 aliphatic carbocycles. The molecule has 1 fully saturated rings. The number of amides is 1. The van der Waals surface area contributed by atoms with E-state index in [1.54, 1.807) is 18.2 Å². The van der Waals surface area contributed by atoms with Crippen LogP contribution in [0.4, 0.5) is 5.69 Å². The molecule has 0 unspecified atom stereocenters. The second-order valence-corrected chi connectivity index (χ2v) is 8.27. The van der Waals surface area contributed by atoms with Crippen molar-refractivity contribution in [2.75, 3.05) is 18.0 Å². The Morgan fingerprint density at radius 2 is 1.80 bits per heavy atom. The van der Waals surface area contributed by atoms with Crippen molar-refractivity contribution in [1.82, 2.24) is 10.0 Å². The van der Waals surface area contributed by atoms with Gasteiger partial charge < -0.3 is 31.2 Å². The van der Waals surface area contributed by atoms with E-state index in [0.29, 0.717) is 36.2 Å². The van der Waals surface area contributed by atoms with Crippen molar-refractivity contribution in [3.8, 4) is 11.8 Å². The summed E-state index contributed by atoms with van der Waals surface area (Å²) in [5, 5.41) is 33.2. The fourth-order valence-corrected chi connectivity index (χ4v) is 4.05. The molecule has 2 aromatic rings. The number of para-hydroxylation sites is 1. The molecule has 3 rings (SSSR count). The number of anilines is 1. The van der Waals surface area contributed by atoms with Crippen molar-refractivity contribution in [1.29, 1.82) is 0 Å². The topological polar surface area (TPSA) is 184 Å². The molecular formula is C23H28N4O8. The van der Waals surface area contributed by atoms with Crippen molar-refractivity contribution < 1.29 is 39.3 Å². The normalized spacial score (nSPS) is 15.7. The third kappa shape index (κ3) is 5.78. The molecule has 1 aliphatic heterocycles. The molecule has 2 atom stereocenters. The van der Waals surface area contributed by atoms with Gasteiger partial charge in [0.1, 0.15) is 0 Å². The molecule has 1 aromatic heterocycles. The molecule has 1 saturated heterocycles. The second-order valence-electron chi connectivity index (χ2n) is 8.27. The maximum atomic E-state index is 13.2. The van der Waals surface area contributed by atoms with Gasteiger partial charge >= 0.3 is 11.9 Å². The molecule has 1 amide bonds. The molecule has 12 heteroatoms. The zero-order valence-corrected chi connectivity index (χ0v) is 19.1. The summed E-state index contributed by atoms with van der Waals surface area (Å²) in [6, 6.07) is 5.48. The minimum absolute atomic E-state index is 0.0814. The van der Waals surface area contributed by atoms with Crippen molar-refractivity contribution in [2.45, 2.75) is 44.2 Å².